The van der Waals surface area contributed by atoms with Gasteiger partial charge in [0.25, 0.3) is 0 Å². The van der Waals surface area contributed by atoms with E-state index < -0.39 is 184 Å². The van der Waals surface area contributed by atoms with Crippen LogP contribution in [-0.4, -0.2) is 332 Å². The van der Waals surface area contributed by atoms with Gasteiger partial charge in [-0.2, -0.15) is 0 Å². The maximum Gasteiger partial charge on any atom is 0.242 e. The van der Waals surface area contributed by atoms with Crippen LogP contribution in [0.3, 0.4) is 0 Å². The van der Waals surface area contributed by atoms with Crippen LogP contribution in [0, 0.1) is 0 Å². The summed E-state index contributed by atoms with van der Waals surface area (Å²) in [7, 11) is 0. The summed E-state index contributed by atoms with van der Waals surface area (Å²) < 4.78 is 56.1. The lowest BCUT2D eigenvalue weighted by atomic mass is 9.97. The molecule has 1 saturated carbocycles. The predicted molar refractivity (Wildman–Crippen MR) is 357 cm³/mol. The van der Waals surface area contributed by atoms with Gasteiger partial charge in [-0.3, -0.25) is 43.2 Å². The molecule has 3 aliphatic heterocycles. The Kier molecular flexibility index (Phi) is 43.7. The summed E-state index contributed by atoms with van der Waals surface area (Å²) in [4.78, 5) is 116. The van der Waals surface area contributed by atoms with Crippen LogP contribution in [0.5, 0.6) is 0 Å². The molecule has 38 nitrogen and oxygen atoms in total. The molecule has 17 unspecified atom stereocenters. The van der Waals surface area contributed by atoms with E-state index >= 15 is 0 Å². The molecule has 19 N–H and O–H groups in total. The lowest BCUT2D eigenvalue weighted by Gasteiger charge is -2.42. The molecule has 4 aliphatic rings. The third-order valence-corrected chi connectivity index (χ3v) is 17.3. The van der Waals surface area contributed by atoms with Crippen LogP contribution >= 0.6 is 0 Å². The number of ether oxygens (including phenoxy) is 10. The standard InChI is InChI=1S/C65H115N9O29/c1-5-97-44-33-40(81)32-43(44)74-50(84)15-13-11-9-7-6-8-10-12-14-49(83)72-42(62(93)68-22-25-96-28-31-100-65-54(71-39(4)80)60(91)57(88)47(36-77)103-65)17-19-51(85)73-41(61(92)67-21-24-95-27-30-99-64-53(70-38(3)79)59(90)56(87)46(35-76)102-64)16-18-48(82)66-20-23-94-26-29-98-63-52(69-37(2)78)58(89)55(86)45(34-75)101-63/h40-47,52-60,63-65,75-77,81,86-91H,5-36H2,1-4H3,(H,66,82)(H,67,92)(H,68,93)(H,69,78)(H,70,79)(H,71,80)(H,72,83)(H,73,85)(H,74,84)/t40-,41?,42?,43-,44+,45?,46?,47?,52?,53?,54?,55?,56?,57?,58?,59?,60?,63?,64?,65?/m0/s1. The molecule has 0 radical (unpaired) electrons. The summed E-state index contributed by atoms with van der Waals surface area (Å²) in [5.74, 6) is -4.86. The highest BCUT2D eigenvalue weighted by molar-refractivity contribution is 5.90. The first-order chi connectivity index (χ1) is 49.3. The van der Waals surface area contributed by atoms with Crippen molar-refractivity contribution in [3.05, 3.63) is 0 Å². The van der Waals surface area contributed by atoms with Crippen molar-refractivity contribution in [1.82, 2.24) is 47.9 Å². The van der Waals surface area contributed by atoms with Gasteiger partial charge in [-0.25, -0.2) is 0 Å². The molecular weight excluding hydrogens is 1370 g/mol. The van der Waals surface area contributed by atoms with Gasteiger partial charge < -0.3 is 146 Å². The zero-order valence-electron chi connectivity index (χ0n) is 59.4. The highest BCUT2D eigenvalue weighted by atomic mass is 16.7. The van der Waals surface area contributed by atoms with E-state index in [-0.39, 0.29) is 123 Å². The van der Waals surface area contributed by atoms with Crippen LogP contribution in [0.25, 0.3) is 0 Å². The number of amides is 9. The number of carbonyl (C=O) groups is 9. The smallest absolute Gasteiger partial charge is 0.242 e. The molecule has 0 bridgehead atoms. The van der Waals surface area contributed by atoms with E-state index in [1.807, 2.05) is 6.92 Å². The fraction of sp³-hybridized carbons (Fsp3) is 0.862. The number of aliphatic hydroxyl groups is 10. The van der Waals surface area contributed by atoms with Gasteiger partial charge in [0.15, 0.2) is 18.9 Å². The van der Waals surface area contributed by atoms with Gasteiger partial charge >= 0.3 is 0 Å². The van der Waals surface area contributed by atoms with E-state index in [1.165, 1.54) is 20.8 Å². The number of nitrogens with one attached hydrogen (secondary N) is 9. The molecule has 594 valence electrons. The van der Waals surface area contributed by atoms with Crippen molar-refractivity contribution in [2.75, 3.05) is 106 Å². The Morgan fingerprint density at radius 3 is 1.12 bits per heavy atom. The Morgan fingerprint density at radius 1 is 0.398 bits per heavy atom. The van der Waals surface area contributed by atoms with Crippen LogP contribution in [0.1, 0.15) is 130 Å². The van der Waals surface area contributed by atoms with E-state index in [4.69, 9.17) is 47.4 Å². The third kappa shape index (κ3) is 33.4. The van der Waals surface area contributed by atoms with Crippen LogP contribution in [0.15, 0.2) is 0 Å². The summed E-state index contributed by atoms with van der Waals surface area (Å²) >= 11 is 0. The summed E-state index contributed by atoms with van der Waals surface area (Å²) in [6, 6.07) is -6.36. The first-order valence-corrected chi connectivity index (χ1v) is 35.6. The summed E-state index contributed by atoms with van der Waals surface area (Å²) in [6.07, 6.45) is -10.8. The molecule has 0 spiro atoms. The molecule has 3 heterocycles. The van der Waals surface area contributed by atoms with Crippen LogP contribution in [-0.2, 0) is 90.5 Å². The number of unbranched alkanes of at least 4 members (excludes halogenated alkanes) is 7. The SMILES string of the molecule is CCO[C@@H]1C[C@@H](O)C[C@@H]1NC(=O)CCCCCCCCCCC(=O)NC(CCC(=O)NC(CCC(=O)NCCOCCOC1OC(CO)C(O)C(O)C1NC(C)=O)C(=O)NCCOCCOC1OC(CO)C(O)C(O)C1NC(C)=O)C(=O)NCCOCCOC1OC(CO)C(O)C(O)C1NC(C)=O. The minimum absolute atomic E-state index is 0.0203. The van der Waals surface area contributed by atoms with Crippen LogP contribution in [0.2, 0.25) is 0 Å². The van der Waals surface area contributed by atoms with Crippen molar-refractivity contribution in [1.29, 1.82) is 0 Å². The Hall–Kier alpha value is -5.57. The number of hydrogen-bond acceptors (Lipinski definition) is 29. The number of rotatable bonds is 51. The van der Waals surface area contributed by atoms with Crippen LogP contribution in [0.4, 0.5) is 0 Å². The largest absolute Gasteiger partial charge is 0.394 e. The summed E-state index contributed by atoms with van der Waals surface area (Å²) in [6.45, 7) is 2.82. The van der Waals surface area contributed by atoms with E-state index in [1.54, 1.807) is 0 Å². The maximum atomic E-state index is 13.8. The molecule has 0 aromatic heterocycles. The van der Waals surface area contributed by atoms with Gasteiger partial charge in [-0.1, -0.05) is 38.5 Å². The highest BCUT2D eigenvalue weighted by Crippen LogP contribution is 2.26. The fourth-order valence-corrected chi connectivity index (χ4v) is 12.0. The van der Waals surface area contributed by atoms with Crippen molar-refractivity contribution in [2.45, 2.75) is 253 Å². The molecule has 4 fully saturated rings. The Labute approximate surface area is 599 Å². The molecule has 3 saturated heterocycles. The molecule has 1 aliphatic carbocycles. The maximum absolute atomic E-state index is 13.8. The van der Waals surface area contributed by atoms with Gasteiger partial charge in [0.2, 0.25) is 53.2 Å². The highest BCUT2D eigenvalue weighted by Gasteiger charge is 2.48. The molecule has 0 aromatic carbocycles. The van der Waals surface area contributed by atoms with Gasteiger partial charge in [0, 0.05) is 79.1 Å². The normalized spacial score (nSPS) is 28.3. The number of aliphatic hydroxyl groups excluding tert-OH is 10. The van der Waals surface area contributed by atoms with Gasteiger partial charge in [-0.05, 0) is 39.0 Å². The Bertz CT molecular complexity index is 2520. The van der Waals surface area contributed by atoms with E-state index in [2.05, 4.69) is 47.9 Å². The quantitative estimate of drug-likeness (QED) is 0.0252. The average molecular weight is 1490 g/mol. The Morgan fingerprint density at radius 2 is 0.748 bits per heavy atom. The van der Waals surface area contributed by atoms with Gasteiger partial charge in [0.05, 0.1) is 97.5 Å². The zero-order chi connectivity index (χ0) is 75.8. The van der Waals surface area contributed by atoms with Crippen LogP contribution < -0.4 is 47.9 Å². The molecule has 20 atom stereocenters. The van der Waals surface area contributed by atoms with E-state index in [0.717, 1.165) is 32.1 Å². The van der Waals surface area contributed by atoms with E-state index in [0.29, 0.717) is 45.1 Å². The second kappa shape index (κ2) is 50.1. The van der Waals surface area contributed by atoms with Gasteiger partial charge in [0.1, 0.15) is 85.1 Å². The molecule has 9 amide bonds. The second-order valence-electron chi connectivity index (χ2n) is 25.6. The zero-order valence-corrected chi connectivity index (χ0v) is 59.4. The molecule has 0 aromatic rings. The second-order valence-corrected chi connectivity index (χ2v) is 25.6. The minimum atomic E-state index is -1.54. The monoisotopic (exact) mass is 1490 g/mol. The third-order valence-electron chi connectivity index (χ3n) is 17.3. The minimum Gasteiger partial charge on any atom is -0.394 e. The summed E-state index contributed by atoms with van der Waals surface area (Å²) in [5, 5.41) is 125. The topological polar surface area (TPSA) is 556 Å². The van der Waals surface area contributed by atoms with E-state index in [9.17, 15) is 94.2 Å². The lowest BCUT2D eigenvalue weighted by Crippen LogP contribution is -2.64. The van der Waals surface area contributed by atoms with Gasteiger partial charge in [-0.15, -0.1) is 0 Å². The molecule has 4 rings (SSSR count). The first kappa shape index (κ1) is 89.8. The average Bonchev–Trinajstić information content (AvgIpc) is 1.66. The first-order valence-electron chi connectivity index (χ1n) is 35.6. The Balaban J connectivity index is 1.33. The number of carbonyl (C=O) groups excluding carboxylic acids is 9. The lowest BCUT2D eigenvalue weighted by molar-refractivity contribution is -0.272. The van der Waals surface area contributed by atoms with Crippen molar-refractivity contribution in [2.24, 2.45) is 0 Å². The fourth-order valence-electron chi connectivity index (χ4n) is 12.0. The summed E-state index contributed by atoms with van der Waals surface area (Å²) in [5.41, 5.74) is 0. The molecule has 103 heavy (non-hydrogen) atoms. The molecular formula is C65H115N9O29. The van der Waals surface area contributed by atoms with Crippen molar-refractivity contribution >= 4 is 53.2 Å². The van der Waals surface area contributed by atoms with Crippen molar-refractivity contribution in [3.8, 4) is 0 Å². The predicted octanol–water partition coefficient (Wildman–Crippen LogP) is -7.26. The molecule has 38 heteroatoms. The van der Waals surface area contributed by atoms with Crippen molar-refractivity contribution < 1.29 is 142 Å². The van der Waals surface area contributed by atoms with Crippen molar-refractivity contribution in [3.63, 3.8) is 0 Å². The number of hydrogen-bond donors (Lipinski definition) is 19.